The summed E-state index contributed by atoms with van der Waals surface area (Å²) in [6, 6.07) is 1.05. The van der Waals surface area contributed by atoms with Crippen molar-refractivity contribution in [3.63, 3.8) is 0 Å². The Morgan fingerprint density at radius 2 is 2.10 bits per heavy atom. The number of hydrogen-bond acceptors (Lipinski definition) is 4. The lowest BCUT2D eigenvalue weighted by molar-refractivity contribution is -0.138. The van der Waals surface area contributed by atoms with Crippen LogP contribution in [0.1, 0.15) is 55.0 Å². The number of carbonyl (C=O) groups is 1. The van der Waals surface area contributed by atoms with E-state index in [0.29, 0.717) is 36.8 Å². The Morgan fingerprint density at radius 3 is 2.81 bits per heavy atom. The third-order valence-electron chi connectivity index (χ3n) is 8.07. The number of alkyl halides is 3. The monoisotopic (exact) mass is 431 g/mol. The molecule has 164 valence electrons. The lowest BCUT2D eigenvalue weighted by Crippen LogP contribution is -2.43. The van der Waals surface area contributed by atoms with E-state index >= 15 is 0 Å². The van der Waals surface area contributed by atoms with Crippen molar-refractivity contribution in [2.75, 3.05) is 13.1 Å². The summed E-state index contributed by atoms with van der Waals surface area (Å²) in [4.78, 5) is 19.4. The van der Waals surface area contributed by atoms with E-state index in [1.807, 2.05) is 4.90 Å². The Bertz CT molecular complexity index is 1100. The Kier molecular flexibility index (Phi) is 3.94. The van der Waals surface area contributed by atoms with E-state index in [1.54, 1.807) is 0 Å². The predicted octanol–water partition coefficient (Wildman–Crippen LogP) is 4.86. The maximum absolute atomic E-state index is 13.7. The number of piperidine rings is 1. The first-order valence-corrected chi connectivity index (χ1v) is 11.1. The predicted molar refractivity (Wildman–Crippen MR) is 106 cm³/mol. The number of carbonyl (C=O) groups excluding carboxylic acids is 1. The second-order valence-electron chi connectivity index (χ2n) is 9.77. The minimum atomic E-state index is -4.52. The van der Waals surface area contributed by atoms with Crippen molar-refractivity contribution in [3.05, 3.63) is 35.2 Å². The molecule has 3 heterocycles. The number of hydrogen-bond donors (Lipinski definition) is 0. The van der Waals surface area contributed by atoms with Gasteiger partial charge in [-0.1, -0.05) is 17.3 Å². The van der Waals surface area contributed by atoms with Crippen LogP contribution in [-0.4, -0.2) is 34.0 Å². The van der Waals surface area contributed by atoms with Crippen molar-refractivity contribution in [2.24, 2.45) is 23.2 Å². The Balaban J connectivity index is 1.29. The summed E-state index contributed by atoms with van der Waals surface area (Å²) in [5, 5.41) is 3.95. The van der Waals surface area contributed by atoms with Crippen LogP contribution in [0.5, 0.6) is 0 Å². The van der Waals surface area contributed by atoms with E-state index in [4.69, 9.17) is 4.52 Å². The van der Waals surface area contributed by atoms with Crippen LogP contribution >= 0.6 is 0 Å². The van der Waals surface area contributed by atoms with E-state index in [2.05, 4.69) is 22.3 Å². The van der Waals surface area contributed by atoms with E-state index in [0.717, 1.165) is 18.9 Å². The summed E-state index contributed by atoms with van der Waals surface area (Å²) in [5.41, 5.74) is 0.00614. The third kappa shape index (κ3) is 2.79. The van der Waals surface area contributed by atoms with Gasteiger partial charge >= 0.3 is 6.18 Å². The fourth-order valence-electron chi connectivity index (χ4n) is 6.49. The zero-order valence-electron chi connectivity index (χ0n) is 17.3. The number of pyridine rings is 1. The first kappa shape index (κ1) is 19.3. The maximum Gasteiger partial charge on any atom is 0.417 e. The first-order valence-electron chi connectivity index (χ1n) is 11.1. The van der Waals surface area contributed by atoms with E-state index < -0.39 is 11.7 Å². The van der Waals surface area contributed by atoms with Crippen LogP contribution in [0.3, 0.4) is 0 Å². The molecule has 4 atom stereocenters. The summed E-state index contributed by atoms with van der Waals surface area (Å²) < 4.78 is 46.4. The zero-order valence-corrected chi connectivity index (χ0v) is 17.3. The highest BCUT2D eigenvalue weighted by molar-refractivity contribution is 5.83. The summed E-state index contributed by atoms with van der Waals surface area (Å²) in [6.07, 6.45) is 4.75. The molecule has 2 aromatic heterocycles. The molecular formula is C23H24F3N3O2. The molecule has 31 heavy (non-hydrogen) atoms. The van der Waals surface area contributed by atoms with Crippen molar-refractivity contribution < 1.29 is 22.5 Å². The molecule has 3 aliphatic carbocycles. The number of rotatable bonds is 2. The molecule has 2 bridgehead atoms. The molecule has 2 saturated carbocycles. The lowest BCUT2D eigenvalue weighted by Gasteiger charge is -2.35. The molecule has 1 amide bonds. The highest BCUT2D eigenvalue weighted by Crippen LogP contribution is 2.70. The summed E-state index contributed by atoms with van der Waals surface area (Å²) in [6.45, 7) is 2.55. The molecule has 6 rings (SSSR count). The zero-order chi connectivity index (χ0) is 21.5. The van der Waals surface area contributed by atoms with Crippen molar-refractivity contribution in [2.45, 2.75) is 51.1 Å². The van der Waals surface area contributed by atoms with Gasteiger partial charge in [0.2, 0.25) is 5.91 Å². The molecular weight excluding hydrogens is 407 g/mol. The minimum Gasteiger partial charge on any atom is -0.342 e. The minimum absolute atomic E-state index is 0.0142. The van der Waals surface area contributed by atoms with Crippen LogP contribution in [0.4, 0.5) is 13.2 Å². The van der Waals surface area contributed by atoms with Gasteiger partial charge in [-0.05, 0) is 62.3 Å². The van der Waals surface area contributed by atoms with Gasteiger partial charge in [0.05, 0.1) is 16.6 Å². The van der Waals surface area contributed by atoms with Crippen LogP contribution in [0.25, 0.3) is 11.1 Å². The number of allylic oxidation sites excluding steroid dienone is 2. The van der Waals surface area contributed by atoms with E-state index in [1.165, 1.54) is 19.8 Å². The van der Waals surface area contributed by atoms with Crippen LogP contribution in [0.15, 0.2) is 22.7 Å². The van der Waals surface area contributed by atoms with Gasteiger partial charge in [-0.3, -0.25) is 4.79 Å². The fraction of sp³-hybridized carbons (Fsp3) is 0.609. The van der Waals surface area contributed by atoms with Gasteiger partial charge in [-0.15, -0.1) is 0 Å². The molecule has 1 aliphatic heterocycles. The highest BCUT2D eigenvalue weighted by atomic mass is 19.4. The number of fused-ring (bicyclic) bond motifs is 1. The third-order valence-corrected chi connectivity index (χ3v) is 8.07. The highest BCUT2D eigenvalue weighted by Gasteiger charge is 2.64. The fourth-order valence-corrected chi connectivity index (χ4v) is 6.49. The second-order valence-corrected chi connectivity index (χ2v) is 9.77. The molecule has 2 aromatic rings. The Labute approximate surface area is 177 Å². The topological polar surface area (TPSA) is 59.2 Å². The summed E-state index contributed by atoms with van der Waals surface area (Å²) in [7, 11) is 0. The van der Waals surface area contributed by atoms with Gasteiger partial charge in [0.1, 0.15) is 0 Å². The molecule has 0 unspecified atom stereocenters. The molecule has 4 aliphatic rings. The SMILES string of the molecule is Cc1cc(C(F)(F)F)c2c([C@H]3CCCN(C(=O)[C@H]4C[C@H]5C=C[C@H]4C54CC4)C3)noc2n1. The van der Waals surface area contributed by atoms with Crippen LogP contribution < -0.4 is 0 Å². The van der Waals surface area contributed by atoms with E-state index in [-0.39, 0.29) is 40.2 Å². The summed E-state index contributed by atoms with van der Waals surface area (Å²) >= 11 is 0. The standard InChI is InChI=1S/C23H24F3N3O2/c1-12-9-17(23(24,25)26)18-19(28-31-20(18)27-12)13-3-2-8-29(11-13)21(30)15-10-14-4-5-16(15)22(14)6-7-22/h4-5,9,13-16H,2-3,6-8,10-11H2,1H3/t13-,14+,15-,16+/m0/s1. The second kappa shape index (κ2) is 6.33. The number of likely N-dealkylation sites (tertiary alicyclic amines) is 1. The molecule has 1 spiro atoms. The van der Waals surface area contributed by atoms with Gasteiger partial charge in [0, 0.05) is 30.6 Å². The molecule has 1 saturated heterocycles. The van der Waals surface area contributed by atoms with Crippen LogP contribution in [0.2, 0.25) is 0 Å². The van der Waals surface area contributed by atoms with E-state index in [9.17, 15) is 18.0 Å². The average Bonchev–Trinajstić information content (AvgIpc) is 3.21. The van der Waals surface area contributed by atoms with Gasteiger partial charge in [-0.2, -0.15) is 13.2 Å². The lowest BCUT2D eigenvalue weighted by atomic mass is 9.86. The molecule has 5 nitrogen and oxygen atoms in total. The number of aromatic nitrogens is 2. The molecule has 8 heteroatoms. The molecule has 0 radical (unpaired) electrons. The van der Waals surface area contributed by atoms with Crippen molar-refractivity contribution in [1.29, 1.82) is 0 Å². The van der Waals surface area contributed by atoms with Gasteiger partial charge in [0.25, 0.3) is 5.71 Å². The quantitative estimate of drug-likeness (QED) is 0.638. The van der Waals surface area contributed by atoms with Crippen LogP contribution in [-0.2, 0) is 11.0 Å². The Morgan fingerprint density at radius 1 is 1.29 bits per heavy atom. The largest absolute Gasteiger partial charge is 0.417 e. The normalized spacial score (nSPS) is 31.2. The van der Waals surface area contributed by atoms with Crippen LogP contribution in [0, 0.1) is 30.1 Å². The number of nitrogens with zero attached hydrogens (tertiary/aromatic N) is 3. The number of halogens is 3. The van der Waals surface area contributed by atoms with Gasteiger partial charge in [0.15, 0.2) is 0 Å². The van der Waals surface area contributed by atoms with Gasteiger partial charge < -0.3 is 9.42 Å². The first-order chi connectivity index (χ1) is 14.8. The maximum atomic E-state index is 13.7. The number of aryl methyl sites for hydroxylation is 1. The summed E-state index contributed by atoms with van der Waals surface area (Å²) in [5.74, 6) is 0.747. The Hall–Kier alpha value is -2.38. The van der Waals surface area contributed by atoms with Crippen molar-refractivity contribution >= 4 is 17.0 Å². The van der Waals surface area contributed by atoms with Gasteiger partial charge in [-0.25, -0.2) is 4.98 Å². The smallest absolute Gasteiger partial charge is 0.342 e. The van der Waals surface area contributed by atoms with Crippen molar-refractivity contribution in [3.8, 4) is 0 Å². The van der Waals surface area contributed by atoms with Crippen molar-refractivity contribution in [1.82, 2.24) is 15.0 Å². The number of amides is 1. The molecule has 3 fully saturated rings. The molecule has 0 N–H and O–H groups in total. The molecule has 0 aromatic carbocycles. The average molecular weight is 431 g/mol.